The summed E-state index contributed by atoms with van der Waals surface area (Å²) in [5.41, 5.74) is 0. The van der Waals surface area contributed by atoms with Gasteiger partial charge in [-0.2, -0.15) is 0 Å². The highest BCUT2D eigenvalue weighted by molar-refractivity contribution is 5.77. The van der Waals surface area contributed by atoms with E-state index in [9.17, 15) is 4.79 Å². The molecule has 0 aromatic heterocycles. The highest BCUT2D eigenvalue weighted by Gasteiger charge is 1.98. The highest BCUT2D eigenvalue weighted by Crippen LogP contribution is 1.82. The number of nitrogens with one attached hydrogen (secondary N) is 2. The van der Waals surface area contributed by atoms with Crippen molar-refractivity contribution in [2.24, 2.45) is 0 Å². The van der Waals surface area contributed by atoms with Gasteiger partial charge in [0.15, 0.2) is 0 Å². The molecule has 0 aliphatic heterocycles. The fraction of sp³-hybridized carbons (Fsp3) is 0.909. The summed E-state index contributed by atoms with van der Waals surface area (Å²) >= 11 is 0. The van der Waals surface area contributed by atoms with Crippen LogP contribution in [0.25, 0.3) is 0 Å². The molecule has 0 fully saturated rings. The monoisotopic (exact) mass is 215 g/mol. The van der Waals surface area contributed by atoms with Crippen LogP contribution in [0.3, 0.4) is 0 Å². The van der Waals surface area contributed by atoms with Gasteiger partial charge < -0.3 is 15.5 Å². The normalized spacial score (nSPS) is 10.7. The number of carbonyl (C=O) groups is 1. The Morgan fingerprint density at radius 2 is 1.93 bits per heavy atom. The zero-order valence-corrected chi connectivity index (χ0v) is 10.3. The number of hydrogen-bond donors (Lipinski definition) is 2. The Kier molecular flexibility index (Phi) is 9.52. The van der Waals surface area contributed by atoms with E-state index >= 15 is 0 Å². The third-order valence-corrected chi connectivity index (χ3v) is 2.10. The van der Waals surface area contributed by atoms with Crippen molar-refractivity contribution in [2.75, 3.05) is 40.3 Å². The molecule has 0 aromatic rings. The quantitative estimate of drug-likeness (QED) is 0.549. The van der Waals surface area contributed by atoms with E-state index in [0.29, 0.717) is 6.54 Å². The van der Waals surface area contributed by atoms with E-state index in [1.807, 2.05) is 0 Å². The second kappa shape index (κ2) is 9.93. The maximum atomic E-state index is 11.2. The maximum Gasteiger partial charge on any atom is 0.233 e. The molecule has 0 saturated heterocycles. The Balaban J connectivity index is 3.17. The summed E-state index contributed by atoms with van der Waals surface area (Å²) in [5.74, 6) is 0.105. The molecule has 90 valence electrons. The first kappa shape index (κ1) is 14.4. The van der Waals surface area contributed by atoms with E-state index in [0.717, 1.165) is 38.9 Å². The Labute approximate surface area is 93.4 Å². The lowest BCUT2D eigenvalue weighted by Crippen LogP contribution is -2.35. The molecule has 0 aliphatic rings. The molecule has 0 radical (unpaired) electrons. The molecule has 15 heavy (non-hydrogen) atoms. The van der Waals surface area contributed by atoms with Crippen LogP contribution in [0.2, 0.25) is 0 Å². The van der Waals surface area contributed by atoms with Crippen LogP contribution in [0, 0.1) is 0 Å². The first-order valence-electron chi connectivity index (χ1n) is 5.79. The molecule has 1 amide bonds. The Hall–Kier alpha value is -0.610. The number of amides is 1. The molecule has 0 aromatic carbocycles. The van der Waals surface area contributed by atoms with Crippen molar-refractivity contribution in [3.8, 4) is 0 Å². The fourth-order valence-corrected chi connectivity index (χ4v) is 1.19. The third kappa shape index (κ3) is 11.3. The van der Waals surface area contributed by atoms with E-state index in [4.69, 9.17) is 0 Å². The fourth-order valence-electron chi connectivity index (χ4n) is 1.19. The van der Waals surface area contributed by atoms with Crippen molar-refractivity contribution in [3.05, 3.63) is 0 Å². The van der Waals surface area contributed by atoms with Gasteiger partial charge in [-0.3, -0.25) is 4.79 Å². The average molecular weight is 215 g/mol. The molecule has 0 atom stereocenters. The molecule has 0 aliphatic carbocycles. The molecule has 0 rings (SSSR count). The van der Waals surface area contributed by atoms with Crippen LogP contribution in [0.4, 0.5) is 0 Å². The second-order valence-electron chi connectivity index (χ2n) is 4.04. The molecular weight excluding hydrogens is 190 g/mol. The predicted molar refractivity (Wildman–Crippen MR) is 64.0 cm³/mol. The SMILES string of the molecule is CCCCNC(=O)CNCCCN(C)C. The zero-order valence-electron chi connectivity index (χ0n) is 10.3. The number of rotatable bonds is 9. The summed E-state index contributed by atoms with van der Waals surface area (Å²) in [4.78, 5) is 13.4. The number of hydrogen-bond acceptors (Lipinski definition) is 3. The van der Waals surface area contributed by atoms with Gasteiger partial charge in [0, 0.05) is 6.54 Å². The molecular formula is C11H25N3O. The minimum atomic E-state index is 0.105. The van der Waals surface area contributed by atoms with Gasteiger partial charge in [-0.05, 0) is 40.0 Å². The summed E-state index contributed by atoms with van der Waals surface area (Å²) < 4.78 is 0. The highest BCUT2D eigenvalue weighted by atomic mass is 16.1. The van der Waals surface area contributed by atoms with E-state index < -0.39 is 0 Å². The van der Waals surface area contributed by atoms with E-state index in [2.05, 4.69) is 36.6 Å². The lowest BCUT2D eigenvalue weighted by atomic mass is 10.3. The molecule has 4 nitrogen and oxygen atoms in total. The molecule has 0 bridgehead atoms. The minimum Gasteiger partial charge on any atom is -0.355 e. The molecule has 0 unspecified atom stereocenters. The van der Waals surface area contributed by atoms with Gasteiger partial charge in [0.1, 0.15) is 0 Å². The smallest absolute Gasteiger partial charge is 0.233 e. The number of unbranched alkanes of at least 4 members (excludes halogenated alkanes) is 1. The first-order chi connectivity index (χ1) is 7.16. The van der Waals surface area contributed by atoms with Gasteiger partial charge in [-0.15, -0.1) is 0 Å². The van der Waals surface area contributed by atoms with Crippen molar-refractivity contribution in [2.45, 2.75) is 26.2 Å². The van der Waals surface area contributed by atoms with Crippen LogP contribution in [-0.2, 0) is 4.79 Å². The van der Waals surface area contributed by atoms with Gasteiger partial charge in [0.05, 0.1) is 6.54 Å². The molecule has 0 spiro atoms. The molecule has 0 saturated carbocycles. The van der Waals surface area contributed by atoms with Crippen LogP contribution in [0.1, 0.15) is 26.2 Å². The molecule has 0 heterocycles. The predicted octanol–water partition coefficient (Wildman–Crippen LogP) is 0.444. The van der Waals surface area contributed by atoms with Crippen LogP contribution in [0.5, 0.6) is 0 Å². The van der Waals surface area contributed by atoms with Crippen LogP contribution >= 0.6 is 0 Å². The van der Waals surface area contributed by atoms with Crippen molar-refractivity contribution in [3.63, 3.8) is 0 Å². The van der Waals surface area contributed by atoms with Gasteiger partial charge in [-0.1, -0.05) is 13.3 Å². The molecule has 4 heteroatoms. The third-order valence-electron chi connectivity index (χ3n) is 2.10. The summed E-state index contributed by atoms with van der Waals surface area (Å²) in [6.45, 7) is 5.32. The summed E-state index contributed by atoms with van der Waals surface area (Å²) in [6.07, 6.45) is 3.26. The number of nitrogens with zero attached hydrogens (tertiary/aromatic N) is 1. The largest absolute Gasteiger partial charge is 0.355 e. The summed E-state index contributed by atoms with van der Waals surface area (Å²) in [6, 6.07) is 0. The van der Waals surface area contributed by atoms with Crippen molar-refractivity contribution in [1.29, 1.82) is 0 Å². The van der Waals surface area contributed by atoms with Crippen LogP contribution in [-0.4, -0.2) is 51.1 Å². The summed E-state index contributed by atoms with van der Waals surface area (Å²) in [7, 11) is 4.11. The van der Waals surface area contributed by atoms with Gasteiger partial charge in [0.25, 0.3) is 0 Å². The van der Waals surface area contributed by atoms with Crippen LogP contribution < -0.4 is 10.6 Å². The zero-order chi connectivity index (χ0) is 11.5. The van der Waals surface area contributed by atoms with Crippen molar-refractivity contribution >= 4 is 5.91 Å². The number of carbonyl (C=O) groups excluding carboxylic acids is 1. The first-order valence-corrected chi connectivity index (χ1v) is 5.79. The lowest BCUT2D eigenvalue weighted by molar-refractivity contribution is -0.120. The summed E-state index contributed by atoms with van der Waals surface area (Å²) in [5, 5.41) is 6.00. The molecule has 2 N–H and O–H groups in total. The minimum absolute atomic E-state index is 0.105. The maximum absolute atomic E-state index is 11.2. The second-order valence-corrected chi connectivity index (χ2v) is 4.04. The Morgan fingerprint density at radius 3 is 2.53 bits per heavy atom. The van der Waals surface area contributed by atoms with Crippen molar-refractivity contribution < 1.29 is 4.79 Å². The van der Waals surface area contributed by atoms with E-state index in [1.165, 1.54) is 0 Å². The topological polar surface area (TPSA) is 44.4 Å². The average Bonchev–Trinajstić information content (AvgIpc) is 2.17. The van der Waals surface area contributed by atoms with Crippen LogP contribution in [0.15, 0.2) is 0 Å². The van der Waals surface area contributed by atoms with E-state index in [1.54, 1.807) is 0 Å². The Morgan fingerprint density at radius 1 is 1.20 bits per heavy atom. The van der Waals surface area contributed by atoms with E-state index in [-0.39, 0.29) is 5.91 Å². The van der Waals surface area contributed by atoms with Crippen molar-refractivity contribution in [1.82, 2.24) is 15.5 Å². The lowest BCUT2D eigenvalue weighted by Gasteiger charge is -2.09. The van der Waals surface area contributed by atoms with Gasteiger partial charge in [0.2, 0.25) is 5.91 Å². The van der Waals surface area contributed by atoms with Gasteiger partial charge in [-0.25, -0.2) is 0 Å². The standard InChI is InChI=1S/C11H25N3O/c1-4-5-8-13-11(15)10-12-7-6-9-14(2)3/h12H,4-10H2,1-3H3,(H,13,15). The van der Waals surface area contributed by atoms with Gasteiger partial charge >= 0.3 is 0 Å². The Bertz CT molecular complexity index is 160.